The number of carbonyl (C=O) groups is 2. The fourth-order valence-corrected chi connectivity index (χ4v) is 5.82. The zero-order valence-corrected chi connectivity index (χ0v) is 21.6. The van der Waals surface area contributed by atoms with Gasteiger partial charge < -0.3 is 10.2 Å². The molecule has 2 heterocycles. The molecule has 0 atom stereocenters. The second-order valence-corrected chi connectivity index (χ2v) is 11.3. The van der Waals surface area contributed by atoms with E-state index < -0.39 is 5.41 Å². The molecule has 4 rings (SSSR count). The predicted molar refractivity (Wildman–Crippen MR) is 136 cm³/mol. The molecule has 1 saturated carbocycles. The largest absolute Gasteiger partial charge is 0.350 e. The van der Waals surface area contributed by atoms with Gasteiger partial charge in [0.2, 0.25) is 11.8 Å². The van der Waals surface area contributed by atoms with Crippen molar-refractivity contribution in [1.82, 2.24) is 25.1 Å². The number of aromatic nitrogens is 2. The molecule has 2 fully saturated rings. The quantitative estimate of drug-likeness (QED) is 0.626. The van der Waals surface area contributed by atoms with Crippen LogP contribution < -0.4 is 5.32 Å². The summed E-state index contributed by atoms with van der Waals surface area (Å²) in [4.78, 5) is 38.3. The Morgan fingerprint density at radius 1 is 1.11 bits per heavy atom. The number of rotatable bonds is 8. The molecule has 0 radical (unpaired) electrons. The summed E-state index contributed by atoms with van der Waals surface area (Å²) in [5.41, 5.74) is 1.68. The second-order valence-electron chi connectivity index (χ2n) is 11.3. The zero-order chi connectivity index (χ0) is 25.1. The van der Waals surface area contributed by atoms with Crippen LogP contribution in [0.25, 0.3) is 0 Å². The molecule has 35 heavy (non-hydrogen) atoms. The van der Waals surface area contributed by atoms with Gasteiger partial charge in [-0.15, -0.1) is 0 Å². The lowest BCUT2D eigenvalue weighted by atomic mass is 9.64. The number of nitrogens with zero attached hydrogens (tertiary/aromatic N) is 4. The summed E-state index contributed by atoms with van der Waals surface area (Å²) >= 11 is 0. The third-order valence-corrected chi connectivity index (χ3v) is 8.40. The monoisotopic (exact) mass is 477 g/mol. The lowest BCUT2D eigenvalue weighted by molar-refractivity contribution is -0.132. The smallest absolute Gasteiger partial charge is 0.226 e. The lowest BCUT2D eigenvalue weighted by Crippen LogP contribution is -2.47. The highest BCUT2D eigenvalue weighted by molar-refractivity contribution is 5.82. The SMILES string of the molecule is CN(C)C1(c2ccccc2)CCC2(CC1)CC(=O)N(CCC(C)(C)C(=O)NCc1ccncn1)C2. The fourth-order valence-electron chi connectivity index (χ4n) is 5.82. The molecule has 7 heteroatoms. The first-order valence-corrected chi connectivity index (χ1v) is 12.7. The number of nitrogens with one attached hydrogen (secondary N) is 1. The average Bonchev–Trinajstić information content (AvgIpc) is 3.17. The van der Waals surface area contributed by atoms with Gasteiger partial charge in [-0.05, 0) is 63.2 Å². The second kappa shape index (κ2) is 10.1. The Balaban J connectivity index is 1.33. The summed E-state index contributed by atoms with van der Waals surface area (Å²) in [6.45, 7) is 5.70. The van der Waals surface area contributed by atoms with Gasteiger partial charge in [0.15, 0.2) is 0 Å². The van der Waals surface area contributed by atoms with E-state index in [4.69, 9.17) is 0 Å². The summed E-state index contributed by atoms with van der Waals surface area (Å²) in [5, 5.41) is 2.98. The highest BCUT2D eigenvalue weighted by Crippen LogP contribution is 2.52. The van der Waals surface area contributed by atoms with E-state index >= 15 is 0 Å². The summed E-state index contributed by atoms with van der Waals surface area (Å²) in [5.74, 6) is 0.216. The van der Waals surface area contributed by atoms with Gasteiger partial charge in [-0.3, -0.25) is 14.5 Å². The van der Waals surface area contributed by atoms with Crippen molar-refractivity contribution in [3.63, 3.8) is 0 Å². The molecular formula is C28H39N5O2. The molecule has 1 N–H and O–H groups in total. The Morgan fingerprint density at radius 3 is 2.46 bits per heavy atom. The summed E-state index contributed by atoms with van der Waals surface area (Å²) in [7, 11) is 4.35. The number of benzene rings is 1. The average molecular weight is 478 g/mol. The van der Waals surface area contributed by atoms with Gasteiger partial charge >= 0.3 is 0 Å². The van der Waals surface area contributed by atoms with E-state index in [0.717, 1.165) is 37.9 Å². The number of likely N-dealkylation sites (tertiary alicyclic amines) is 1. The van der Waals surface area contributed by atoms with E-state index in [1.54, 1.807) is 12.3 Å². The number of amides is 2. The maximum Gasteiger partial charge on any atom is 0.226 e. The van der Waals surface area contributed by atoms with Crippen LogP contribution in [0.1, 0.15) is 63.6 Å². The van der Waals surface area contributed by atoms with Crippen LogP contribution in [-0.2, 0) is 21.7 Å². The molecule has 0 unspecified atom stereocenters. The van der Waals surface area contributed by atoms with Gasteiger partial charge in [0.05, 0.1) is 12.2 Å². The molecule has 0 bridgehead atoms. The Kier molecular flexibility index (Phi) is 7.27. The van der Waals surface area contributed by atoms with Crippen molar-refractivity contribution in [2.24, 2.45) is 10.8 Å². The van der Waals surface area contributed by atoms with E-state index in [2.05, 4.69) is 64.6 Å². The van der Waals surface area contributed by atoms with E-state index in [-0.39, 0.29) is 22.8 Å². The summed E-state index contributed by atoms with van der Waals surface area (Å²) in [6, 6.07) is 12.6. The molecule has 1 aromatic carbocycles. The van der Waals surface area contributed by atoms with E-state index in [1.165, 1.54) is 11.9 Å². The Labute approximate surface area is 209 Å². The summed E-state index contributed by atoms with van der Waals surface area (Å²) < 4.78 is 0. The predicted octanol–water partition coefficient (Wildman–Crippen LogP) is 3.76. The molecule has 2 aliphatic rings. The van der Waals surface area contributed by atoms with Crippen LogP contribution in [0.2, 0.25) is 0 Å². The maximum absolute atomic E-state index is 13.0. The van der Waals surface area contributed by atoms with Crippen molar-refractivity contribution in [2.75, 3.05) is 27.2 Å². The molecule has 2 amide bonds. The van der Waals surface area contributed by atoms with Crippen LogP contribution >= 0.6 is 0 Å². The fraction of sp³-hybridized carbons (Fsp3) is 0.571. The molecular weight excluding hydrogens is 438 g/mol. The van der Waals surface area contributed by atoms with Crippen LogP contribution in [0.5, 0.6) is 0 Å². The molecule has 1 aliphatic carbocycles. The van der Waals surface area contributed by atoms with Crippen molar-refractivity contribution >= 4 is 11.8 Å². The van der Waals surface area contributed by atoms with Crippen LogP contribution in [0, 0.1) is 10.8 Å². The van der Waals surface area contributed by atoms with Gasteiger partial charge in [-0.2, -0.15) is 0 Å². The third kappa shape index (κ3) is 5.40. The molecule has 1 saturated heterocycles. The number of carbonyl (C=O) groups excluding carboxylic acids is 2. The molecule has 1 spiro atoms. The Bertz CT molecular complexity index is 1010. The van der Waals surface area contributed by atoms with Crippen molar-refractivity contribution in [2.45, 2.75) is 64.5 Å². The zero-order valence-electron chi connectivity index (χ0n) is 21.6. The number of hydrogen-bond donors (Lipinski definition) is 1. The third-order valence-electron chi connectivity index (χ3n) is 8.40. The minimum absolute atomic E-state index is 0.0197. The first-order chi connectivity index (χ1) is 16.7. The highest BCUT2D eigenvalue weighted by atomic mass is 16.2. The minimum Gasteiger partial charge on any atom is -0.350 e. The van der Waals surface area contributed by atoms with Gasteiger partial charge in [0.1, 0.15) is 6.33 Å². The Hall–Kier alpha value is -2.80. The first-order valence-electron chi connectivity index (χ1n) is 12.7. The van der Waals surface area contributed by atoms with Gasteiger partial charge in [0, 0.05) is 36.7 Å². The standard InChI is InChI=1S/C28H39N5O2/c1-26(2,25(35)30-19-23-10-16-29-21-31-23)15-17-33-20-27(18-24(33)34)11-13-28(14-12-27,32(3)4)22-8-6-5-7-9-22/h5-10,16,21H,11-15,17-20H2,1-4H3,(H,30,35). The van der Waals surface area contributed by atoms with Crippen LogP contribution in [0.15, 0.2) is 48.9 Å². The molecule has 7 nitrogen and oxygen atoms in total. The Morgan fingerprint density at radius 2 is 1.83 bits per heavy atom. The van der Waals surface area contributed by atoms with Crippen molar-refractivity contribution in [3.05, 3.63) is 60.2 Å². The van der Waals surface area contributed by atoms with Crippen LogP contribution in [0.4, 0.5) is 0 Å². The van der Waals surface area contributed by atoms with Gasteiger partial charge in [0.25, 0.3) is 0 Å². The van der Waals surface area contributed by atoms with Gasteiger partial charge in [-0.1, -0.05) is 44.2 Å². The number of hydrogen-bond acceptors (Lipinski definition) is 5. The maximum atomic E-state index is 13.0. The van der Waals surface area contributed by atoms with Crippen molar-refractivity contribution in [3.8, 4) is 0 Å². The minimum atomic E-state index is -0.566. The molecule has 188 valence electrons. The van der Waals surface area contributed by atoms with Crippen molar-refractivity contribution < 1.29 is 9.59 Å². The lowest BCUT2D eigenvalue weighted by Gasteiger charge is -2.49. The van der Waals surface area contributed by atoms with E-state index in [1.807, 2.05) is 18.7 Å². The van der Waals surface area contributed by atoms with Crippen LogP contribution in [-0.4, -0.2) is 58.8 Å². The molecule has 2 aromatic rings. The van der Waals surface area contributed by atoms with E-state index in [9.17, 15) is 9.59 Å². The highest BCUT2D eigenvalue weighted by Gasteiger charge is 2.50. The molecule has 1 aliphatic heterocycles. The summed E-state index contributed by atoms with van der Waals surface area (Å²) in [6.07, 6.45) is 8.62. The topological polar surface area (TPSA) is 78.4 Å². The van der Waals surface area contributed by atoms with Crippen molar-refractivity contribution in [1.29, 1.82) is 0 Å². The van der Waals surface area contributed by atoms with Crippen LogP contribution in [0.3, 0.4) is 0 Å². The van der Waals surface area contributed by atoms with E-state index in [0.29, 0.717) is 25.9 Å². The first kappa shape index (κ1) is 25.3. The molecule has 1 aromatic heterocycles. The normalized spacial score (nSPS) is 24.8. The van der Waals surface area contributed by atoms with Gasteiger partial charge in [-0.25, -0.2) is 9.97 Å².